The molecule has 2 aromatic carbocycles. The maximum absolute atomic E-state index is 13.2. The van der Waals surface area contributed by atoms with Crippen molar-refractivity contribution < 1.29 is 0 Å². The first-order chi connectivity index (χ1) is 12.6. The van der Waals surface area contributed by atoms with Crippen molar-refractivity contribution in [2.45, 2.75) is 13.8 Å². The minimum absolute atomic E-state index is 0.0369. The van der Waals surface area contributed by atoms with Gasteiger partial charge in [0.2, 0.25) is 0 Å². The van der Waals surface area contributed by atoms with Crippen LogP contribution in [0.3, 0.4) is 0 Å². The molecule has 0 saturated carbocycles. The van der Waals surface area contributed by atoms with Gasteiger partial charge in [0.05, 0.1) is 16.7 Å². The van der Waals surface area contributed by atoms with Gasteiger partial charge in [0.15, 0.2) is 0 Å². The van der Waals surface area contributed by atoms with Crippen molar-refractivity contribution in [3.05, 3.63) is 76.3 Å². The van der Waals surface area contributed by atoms with Gasteiger partial charge in [-0.2, -0.15) is 0 Å². The second-order valence-electron chi connectivity index (χ2n) is 6.35. The zero-order valence-electron chi connectivity index (χ0n) is 14.4. The lowest BCUT2D eigenvalue weighted by atomic mass is 10.1. The van der Waals surface area contributed by atoms with Crippen molar-refractivity contribution >= 4 is 42.7 Å². The van der Waals surface area contributed by atoms with Crippen LogP contribution in [-0.4, -0.2) is 14.5 Å². The van der Waals surface area contributed by atoms with Gasteiger partial charge in [-0.1, -0.05) is 36.4 Å². The molecular formula is C21H15N3OS. The summed E-state index contributed by atoms with van der Waals surface area (Å²) in [5.41, 5.74) is 3.63. The molecule has 0 unspecified atom stereocenters. The van der Waals surface area contributed by atoms with Crippen LogP contribution in [0.4, 0.5) is 0 Å². The highest BCUT2D eigenvalue weighted by atomic mass is 32.1. The number of fused-ring (bicyclic) bond motifs is 4. The van der Waals surface area contributed by atoms with Crippen LogP contribution < -0.4 is 5.56 Å². The van der Waals surface area contributed by atoms with E-state index in [9.17, 15) is 4.79 Å². The molecule has 5 aromatic rings. The molecule has 0 spiro atoms. The second kappa shape index (κ2) is 5.47. The lowest BCUT2D eigenvalue weighted by Crippen LogP contribution is -2.21. The predicted octanol–water partition coefficient (Wildman–Crippen LogP) is 4.77. The van der Waals surface area contributed by atoms with Gasteiger partial charge in [0.25, 0.3) is 5.56 Å². The lowest BCUT2D eigenvalue weighted by Gasteiger charge is -2.09. The van der Waals surface area contributed by atoms with Crippen molar-refractivity contribution in [1.82, 2.24) is 14.5 Å². The largest absolute Gasteiger partial charge is 0.276 e. The van der Waals surface area contributed by atoms with Crippen LogP contribution in [0.1, 0.15) is 11.4 Å². The Balaban J connectivity index is 1.96. The summed E-state index contributed by atoms with van der Waals surface area (Å²) in [6.45, 7) is 3.96. The van der Waals surface area contributed by atoms with Crippen LogP contribution in [-0.2, 0) is 0 Å². The summed E-state index contributed by atoms with van der Waals surface area (Å²) in [5, 5.41) is 2.09. The van der Waals surface area contributed by atoms with E-state index < -0.39 is 0 Å². The van der Waals surface area contributed by atoms with E-state index in [2.05, 4.69) is 13.0 Å². The molecular weight excluding hydrogens is 342 g/mol. The molecule has 0 bridgehead atoms. The zero-order valence-corrected chi connectivity index (χ0v) is 15.2. The van der Waals surface area contributed by atoms with Crippen LogP contribution in [0.2, 0.25) is 0 Å². The Labute approximate surface area is 153 Å². The van der Waals surface area contributed by atoms with Crippen molar-refractivity contribution in [3.63, 3.8) is 0 Å². The summed E-state index contributed by atoms with van der Waals surface area (Å²) < 4.78 is 2.33. The lowest BCUT2D eigenvalue weighted by molar-refractivity contribution is 0.898. The molecule has 0 aliphatic heterocycles. The van der Waals surface area contributed by atoms with E-state index in [-0.39, 0.29) is 5.56 Å². The third-order valence-corrected chi connectivity index (χ3v) is 5.84. The molecule has 3 heterocycles. The molecule has 0 amide bonds. The molecule has 0 aliphatic carbocycles. The molecule has 0 radical (unpaired) electrons. The minimum atomic E-state index is -0.0369. The molecule has 3 aromatic heterocycles. The van der Waals surface area contributed by atoms with E-state index in [4.69, 9.17) is 9.97 Å². The Hall–Kier alpha value is -3.05. The molecule has 5 rings (SSSR count). The number of hydrogen-bond donors (Lipinski definition) is 0. The number of pyridine rings is 1. The number of benzene rings is 2. The molecule has 0 N–H and O–H groups in total. The quantitative estimate of drug-likeness (QED) is 0.434. The third kappa shape index (κ3) is 2.04. The fourth-order valence-electron chi connectivity index (χ4n) is 3.55. The topological polar surface area (TPSA) is 47.8 Å². The Kier molecular flexibility index (Phi) is 3.21. The van der Waals surface area contributed by atoms with Crippen molar-refractivity contribution in [1.29, 1.82) is 0 Å². The van der Waals surface area contributed by atoms with Crippen molar-refractivity contribution in [3.8, 4) is 5.69 Å². The van der Waals surface area contributed by atoms with Gasteiger partial charge < -0.3 is 0 Å². The van der Waals surface area contributed by atoms with Gasteiger partial charge in [-0.15, -0.1) is 11.3 Å². The Morgan fingerprint density at radius 3 is 2.46 bits per heavy atom. The molecule has 0 atom stereocenters. The van der Waals surface area contributed by atoms with Crippen molar-refractivity contribution in [2.75, 3.05) is 0 Å². The molecule has 0 fully saturated rings. The highest BCUT2D eigenvalue weighted by Gasteiger charge is 2.18. The van der Waals surface area contributed by atoms with Crippen LogP contribution in [0.15, 0.2) is 59.4 Å². The Morgan fingerprint density at radius 1 is 0.923 bits per heavy atom. The second-order valence-corrected chi connectivity index (χ2v) is 7.35. The Bertz CT molecular complexity index is 1370. The summed E-state index contributed by atoms with van der Waals surface area (Å²) in [5.74, 6) is 0.681. The molecule has 26 heavy (non-hydrogen) atoms. The van der Waals surface area contributed by atoms with Crippen LogP contribution in [0.25, 0.3) is 37.0 Å². The van der Waals surface area contributed by atoms with Crippen LogP contribution in [0, 0.1) is 13.8 Å². The Morgan fingerprint density at radius 2 is 1.65 bits per heavy atom. The molecule has 0 saturated heterocycles. The molecule has 126 valence electrons. The number of para-hydroxylation sites is 2. The number of rotatable bonds is 1. The fourth-order valence-corrected chi connectivity index (χ4v) is 4.67. The number of aryl methyl sites for hydroxylation is 2. The maximum Gasteiger partial charge on any atom is 0.276 e. The van der Waals surface area contributed by atoms with E-state index in [0.29, 0.717) is 10.5 Å². The summed E-state index contributed by atoms with van der Waals surface area (Å²) in [4.78, 5) is 23.7. The highest BCUT2D eigenvalue weighted by Crippen LogP contribution is 2.35. The third-order valence-electron chi connectivity index (χ3n) is 4.78. The maximum atomic E-state index is 13.2. The van der Waals surface area contributed by atoms with Gasteiger partial charge in [-0.25, -0.2) is 9.97 Å². The van der Waals surface area contributed by atoms with Gasteiger partial charge in [-0.05, 0) is 37.6 Å². The van der Waals surface area contributed by atoms with E-state index in [0.717, 1.165) is 37.9 Å². The van der Waals surface area contributed by atoms with E-state index in [1.807, 2.05) is 55.5 Å². The number of thiophene rings is 1. The van der Waals surface area contributed by atoms with Gasteiger partial charge in [0, 0.05) is 10.8 Å². The monoisotopic (exact) mass is 357 g/mol. The smallest absolute Gasteiger partial charge is 0.267 e. The van der Waals surface area contributed by atoms with Crippen LogP contribution >= 0.6 is 11.3 Å². The molecule has 4 nitrogen and oxygen atoms in total. The van der Waals surface area contributed by atoms with Crippen LogP contribution in [0.5, 0.6) is 0 Å². The predicted molar refractivity (Wildman–Crippen MR) is 107 cm³/mol. The highest BCUT2D eigenvalue weighted by molar-refractivity contribution is 7.25. The van der Waals surface area contributed by atoms with E-state index in [1.165, 1.54) is 11.3 Å². The first-order valence-corrected chi connectivity index (χ1v) is 9.23. The number of hydrogen-bond acceptors (Lipinski definition) is 4. The fraction of sp³-hybridized carbons (Fsp3) is 0.0952. The van der Waals surface area contributed by atoms with E-state index >= 15 is 0 Å². The first-order valence-electron chi connectivity index (χ1n) is 8.42. The van der Waals surface area contributed by atoms with E-state index in [1.54, 1.807) is 4.57 Å². The van der Waals surface area contributed by atoms with Gasteiger partial charge in [0.1, 0.15) is 15.4 Å². The molecule has 5 heteroatoms. The normalized spacial score (nSPS) is 11.6. The number of aromatic nitrogens is 3. The average molecular weight is 357 g/mol. The summed E-state index contributed by atoms with van der Waals surface area (Å²) in [6.07, 6.45) is 0. The summed E-state index contributed by atoms with van der Waals surface area (Å²) in [6, 6.07) is 17.7. The van der Waals surface area contributed by atoms with Gasteiger partial charge in [-0.3, -0.25) is 9.36 Å². The van der Waals surface area contributed by atoms with Crippen molar-refractivity contribution in [2.24, 2.45) is 0 Å². The summed E-state index contributed by atoms with van der Waals surface area (Å²) in [7, 11) is 0. The number of nitrogens with zero attached hydrogens (tertiary/aromatic N) is 3. The molecule has 0 aliphatic rings. The SMILES string of the molecule is Cc1c2ccccc2nc2sc3c(=O)n(-c4ccccc4)c(C)nc3c12. The van der Waals surface area contributed by atoms with Gasteiger partial charge >= 0.3 is 0 Å². The average Bonchev–Trinajstić information content (AvgIpc) is 3.02. The first kappa shape index (κ1) is 15.2. The minimum Gasteiger partial charge on any atom is -0.267 e. The summed E-state index contributed by atoms with van der Waals surface area (Å²) >= 11 is 1.43. The zero-order chi connectivity index (χ0) is 17.8. The standard InChI is InChI=1S/C21H15N3OS/c1-12-15-10-6-7-11-16(15)23-20-17(12)18-19(26-20)21(25)24(13(2)22-18)14-8-4-3-5-9-14/h3-11H,1-2H3.